The van der Waals surface area contributed by atoms with Crippen LogP contribution in [0.5, 0.6) is 0 Å². The van der Waals surface area contributed by atoms with Gasteiger partial charge in [-0.1, -0.05) is 6.92 Å². The summed E-state index contributed by atoms with van der Waals surface area (Å²) in [6, 6.07) is 0.192. The van der Waals surface area contributed by atoms with Crippen LogP contribution in [0.15, 0.2) is 16.9 Å². The molecule has 2 rings (SSSR count). The van der Waals surface area contributed by atoms with E-state index in [9.17, 15) is 0 Å². The molecule has 0 aromatic carbocycles. The first-order valence-corrected chi connectivity index (χ1v) is 7.80. The number of rotatable bonds is 6. The zero-order chi connectivity index (χ0) is 14.7. The summed E-state index contributed by atoms with van der Waals surface area (Å²) < 4.78 is 5.24. The van der Waals surface area contributed by atoms with Gasteiger partial charge in [0.15, 0.2) is 0 Å². The van der Waals surface area contributed by atoms with E-state index in [1.165, 1.54) is 5.69 Å². The summed E-state index contributed by atoms with van der Waals surface area (Å²) in [6.45, 7) is 8.05. The molecule has 0 saturated carbocycles. The molecule has 2 aromatic rings. The van der Waals surface area contributed by atoms with E-state index in [4.69, 9.17) is 0 Å². The van der Waals surface area contributed by atoms with Crippen LogP contribution < -0.4 is 5.32 Å². The van der Waals surface area contributed by atoms with Gasteiger partial charge >= 0.3 is 0 Å². The monoisotopic (exact) mass is 339 g/mol. The smallest absolute Gasteiger partial charge is 0.125 e. The van der Waals surface area contributed by atoms with Crippen LogP contribution in [0, 0.1) is 6.92 Å². The summed E-state index contributed by atoms with van der Waals surface area (Å²) >= 11 is 3.66. The minimum atomic E-state index is 0.192. The van der Waals surface area contributed by atoms with Crippen molar-refractivity contribution in [2.75, 3.05) is 6.54 Å². The van der Waals surface area contributed by atoms with Crippen molar-refractivity contribution in [1.29, 1.82) is 0 Å². The Morgan fingerprint density at radius 2 is 2.15 bits per heavy atom. The molecule has 0 fully saturated rings. The van der Waals surface area contributed by atoms with Crippen molar-refractivity contribution in [2.45, 2.75) is 39.8 Å². The molecular formula is C14H22BrN5. The Hall–Kier alpha value is -1.14. The van der Waals surface area contributed by atoms with E-state index in [0.29, 0.717) is 0 Å². The summed E-state index contributed by atoms with van der Waals surface area (Å²) in [4.78, 5) is 4.48. The van der Waals surface area contributed by atoms with Crippen LogP contribution in [0.1, 0.15) is 37.1 Å². The number of likely N-dealkylation sites (N-methyl/N-ethyl adjacent to an activating group) is 1. The normalized spacial score (nSPS) is 12.8. The van der Waals surface area contributed by atoms with Crippen molar-refractivity contribution in [1.82, 2.24) is 24.6 Å². The maximum atomic E-state index is 4.56. The van der Waals surface area contributed by atoms with E-state index in [1.807, 2.05) is 26.4 Å². The van der Waals surface area contributed by atoms with Gasteiger partial charge in [0.05, 0.1) is 21.9 Å². The highest BCUT2D eigenvalue weighted by Gasteiger charge is 2.21. The molecular weight excluding hydrogens is 318 g/mol. The topological polar surface area (TPSA) is 47.7 Å². The number of imidazole rings is 1. The predicted octanol–water partition coefficient (Wildman–Crippen LogP) is 2.60. The Morgan fingerprint density at radius 1 is 1.40 bits per heavy atom. The summed E-state index contributed by atoms with van der Waals surface area (Å²) in [5.41, 5.74) is 2.26. The summed E-state index contributed by atoms with van der Waals surface area (Å²) in [5.74, 6) is 1.06. The van der Waals surface area contributed by atoms with E-state index in [-0.39, 0.29) is 6.04 Å². The van der Waals surface area contributed by atoms with Gasteiger partial charge in [-0.25, -0.2) is 4.98 Å². The second-order valence-electron chi connectivity index (χ2n) is 4.87. The van der Waals surface area contributed by atoms with Crippen molar-refractivity contribution >= 4 is 15.9 Å². The number of aromatic nitrogens is 4. The molecule has 2 aromatic heterocycles. The summed E-state index contributed by atoms with van der Waals surface area (Å²) in [6.07, 6.45) is 4.70. The molecule has 2 heterocycles. The molecule has 0 bridgehead atoms. The first kappa shape index (κ1) is 15.3. The zero-order valence-electron chi connectivity index (χ0n) is 12.5. The minimum absolute atomic E-state index is 0.192. The molecule has 1 N–H and O–H groups in total. The number of hydrogen-bond donors (Lipinski definition) is 1. The van der Waals surface area contributed by atoms with E-state index < -0.39 is 0 Å². The Bertz CT molecular complexity index is 572. The Labute approximate surface area is 128 Å². The SMILES string of the molecule is CCNC(Cc1c(Br)c(C)nn1CC)c1nccn1C. The molecule has 1 atom stereocenters. The third kappa shape index (κ3) is 2.96. The lowest BCUT2D eigenvalue weighted by molar-refractivity contribution is 0.483. The number of nitrogens with zero attached hydrogens (tertiary/aromatic N) is 4. The Morgan fingerprint density at radius 3 is 2.70 bits per heavy atom. The maximum absolute atomic E-state index is 4.56. The second kappa shape index (κ2) is 6.54. The second-order valence-corrected chi connectivity index (χ2v) is 5.67. The fourth-order valence-corrected chi connectivity index (χ4v) is 2.92. The first-order valence-electron chi connectivity index (χ1n) is 7.00. The fraction of sp³-hybridized carbons (Fsp3) is 0.571. The van der Waals surface area contributed by atoms with Gasteiger partial charge in [-0.3, -0.25) is 4.68 Å². The lowest BCUT2D eigenvalue weighted by Gasteiger charge is -2.18. The highest BCUT2D eigenvalue weighted by molar-refractivity contribution is 9.10. The van der Waals surface area contributed by atoms with Crippen LogP contribution in [-0.4, -0.2) is 25.9 Å². The van der Waals surface area contributed by atoms with Gasteiger partial charge in [-0.15, -0.1) is 0 Å². The van der Waals surface area contributed by atoms with E-state index in [0.717, 1.165) is 35.5 Å². The highest BCUT2D eigenvalue weighted by atomic mass is 79.9. The lowest BCUT2D eigenvalue weighted by atomic mass is 10.1. The van der Waals surface area contributed by atoms with Crippen LogP contribution in [0.25, 0.3) is 0 Å². The molecule has 0 aliphatic rings. The van der Waals surface area contributed by atoms with Crippen molar-refractivity contribution < 1.29 is 0 Å². The molecule has 0 spiro atoms. The van der Waals surface area contributed by atoms with Crippen LogP contribution in [0.2, 0.25) is 0 Å². The quantitative estimate of drug-likeness (QED) is 0.879. The minimum Gasteiger partial charge on any atom is -0.337 e. The zero-order valence-corrected chi connectivity index (χ0v) is 14.1. The van der Waals surface area contributed by atoms with Crippen molar-refractivity contribution in [3.63, 3.8) is 0 Å². The predicted molar refractivity (Wildman–Crippen MR) is 83.7 cm³/mol. The van der Waals surface area contributed by atoms with Gasteiger partial charge in [0.1, 0.15) is 5.82 Å². The highest BCUT2D eigenvalue weighted by Crippen LogP contribution is 2.26. The van der Waals surface area contributed by atoms with Gasteiger partial charge in [-0.2, -0.15) is 5.10 Å². The molecule has 0 saturated heterocycles. The van der Waals surface area contributed by atoms with Gasteiger partial charge in [-0.05, 0) is 36.3 Å². The lowest BCUT2D eigenvalue weighted by Crippen LogP contribution is -2.26. The molecule has 110 valence electrons. The maximum Gasteiger partial charge on any atom is 0.125 e. The number of halogens is 1. The van der Waals surface area contributed by atoms with E-state index in [1.54, 1.807) is 0 Å². The van der Waals surface area contributed by atoms with Gasteiger partial charge < -0.3 is 9.88 Å². The average molecular weight is 340 g/mol. The van der Waals surface area contributed by atoms with Crippen LogP contribution >= 0.6 is 15.9 Å². The van der Waals surface area contributed by atoms with Crippen molar-refractivity contribution in [3.8, 4) is 0 Å². The molecule has 20 heavy (non-hydrogen) atoms. The van der Waals surface area contributed by atoms with Crippen molar-refractivity contribution in [2.24, 2.45) is 7.05 Å². The third-order valence-electron chi connectivity index (χ3n) is 3.47. The first-order chi connectivity index (χ1) is 9.58. The summed E-state index contributed by atoms with van der Waals surface area (Å²) in [7, 11) is 2.03. The number of nitrogens with one attached hydrogen (secondary N) is 1. The average Bonchev–Trinajstić information content (AvgIpc) is 2.96. The van der Waals surface area contributed by atoms with E-state index in [2.05, 4.69) is 54.4 Å². The molecule has 0 amide bonds. The van der Waals surface area contributed by atoms with Crippen LogP contribution in [0.4, 0.5) is 0 Å². The van der Waals surface area contributed by atoms with Gasteiger partial charge in [0.2, 0.25) is 0 Å². The number of hydrogen-bond acceptors (Lipinski definition) is 3. The Balaban J connectivity index is 2.31. The standard InChI is InChI=1S/C14H22BrN5/c1-5-16-11(14-17-7-8-19(14)4)9-12-13(15)10(3)18-20(12)6-2/h7-8,11,16H,5-6,9H2,1-4H3. The summed E-state index contributed by atoms with van der Waals surface area (Å²) in [5, 5.41) is 8.08. The van der Waals surface area contributed by atoms with Crippen LogP contribution in [-0.2, 0) is 20.0 Å². The van der Waals surface area contributed by atoms with Crippen LogP contribution in [0.3, 0.4) is 0 Å². The van der Waals surface area contributed by atoms with Gasteiger partial charge in [0, 0.05) is 32.4 Å². The fourth-order valence-electron chi connectivity index (χ4n) is 2.47. The third-order valence-corrected chi connectivity index (χ3v) is 4.50. The number of aryl methyl sites for hydroxylation is 3. The molecule has 5 nitrogen and oxygen atoms in total. The van der Waals surface area contributed by atoms with Crippen molar-refractivity contribution in [3.05, 3.63) is 34.1 Å². The molecule has 0 radical (unpaired) electrons. The molecule has 6 heteroatoms. The largest absolute Gasteiger partial charge is 0.337 e. The molecule has 1 unspecified atom stereocenters. The van der Waals surface area contributed by atoms with Gasteiger partial charge in [0.25, 0.3) is 0 Å². The van der Waals surface area contributed by atoms with E-state index >= 15 is 0 Å². The molecule has 0 aliphatic carbocycles. The Kier molecular flexibility index (Phi) is 4.99. The molecule has 0 aliphatic heterocycles.